The molecule has 0 radical (unpaired) electrons. The highest BCUT2D eigenvalue weighted by Gasteiger charge is 2.33. The highest BCUT2D eigenvalue weighted by atomic mass is 19.1. The lowest BCUT2D eigenvalue weighted by Gasteiger charge is -2.22. The number of nitrogens with zero attached hydrogens (tertiary/aromatic N) is 1. The van der Waals surface area contributed by atoms with Gasteiger partial charge in [-0.05, 0) is 49.3 Å². The summed E-state index contributed by atoms with van der Waals surface area (Å²) < 4.78 is 13.7. The quantitative estimate of drug-likeness (QED) is 0.835. The molecule has 0 bridgehead atoms. The molecule has 3 heteroatoms. The molecule has 0 spiro atoms. The third-order valence-corrected chi connectivity index (χ3v) is 3.99. The average molecular weight is 272 g/mol. The second-order valence-corrected chi connectivity index (χ2v) is 5.92. The smallest absolute Gasteiger partial charge is 0.138 e. The van der Waals surface area contributed by atoms with Gasteiger partial charge in [-0.1, -0.05) is 17.9 Å². The molecule has 0 heterocycles. The Morgan fingerprint density at radius 1 is 1.25 bits per heavy atom. The van der Waals surface area contributed by atoms with Gasteiger partial charge < -0.3 is 5.73 Å². The number of rotatable bonds is 5. The number of hydrogen-bond acceptors (Lipinski definition) is 2. The first-order chi connectivity index (χ1) is 9.76. The molecular weight excluding hydrogens is 251 g/mol. The van der Waals surface area contributed by atoms with Crippen molar-refractivity contribution in [2.45, 2.75) is 38.3 Å². The van der Waals surface area contributed by atoms with Gasteiger partial charge in [0.25, 0.3) is 0 Å². The molecule has 0 unspecified atom stereocenters. The summed E-state index contributed by atoms with van der Waals surface area (Å²) in [6.45, 7) is 2.38. The van der Waals surface area contributed by atoms with Crippen molar-refractivity contribution in [3.63, 3.8) is 0 Å². The van der Waals surface area contributed by atoms with Gasteiger partial charge >= 0.3 is 0 Å². The van der Waals surface area contributed by atoms with Gasteiger partial charge in [-0.2, -0.15) is 0 Å². The predicted octanol–water partition coefficient (Wildman–Crippen LogP) is 2.51. The Balaban J connectivity index is 1.71. The normalized spacial score (nSPS) is 17.9. The third-order valence-electron chi connectivity index (χ3n) is 3.99. The first-order valence-electron chi connectivity index (χ1n) is 7.47. The minimum absolute atomic E-state index is 0.255. The van der Waals surface area contributed by atoms with E-state index in [4.69, 9.17) is 5.73 Å². The molecule has 3 rings (SSSR count). The van der Waals surface area contributed by atoms with Crippen molar-refractivity contribution >= 4 is 0 Å². The molecule has 0 aliphatic heterocycles. The van der Waals surface area contributed by atoms with Crippen LogP contribution in [0.5, 0.6) is 0 Å². The number of halogens is 1. The van der Waals surface area contributed by atoms with Crippen molar-refractivity contribution in [1.29, 1.82) is 0 Å². The topological polar surface area (TPSA) is 29.3 Å². The molecule has 1 aromatic rings. The summed E-state index contributed by atoms with van der Waals surface area (Å²) in [5.41, 5.74) is 6.97. The molecular formula is C17H21FN2. The summed E-state index contributed by atoms with van der Waals surface area (Å²) in [6, 6.07) is 6.03. The number of hydrogen-bond donors (Lipinski definition) is 1. The molecule has 20 heavy (non-hydrogen) atoms. The van der Waals surface area contributed by atoms with Crippen LogP contribution in [0.2, 0.25) is 0 Å². The van der Waals surface area contributed by atoms with Crippen LogP contribution in [0, 0.1) is 23.6 Å². The van der Waals surface area contributed by atoms with Gasteiger partial charge in [-0.3, -0.25) is 4.90 Å². The third kappa shape index (κ3) is 3.59. The maximum Gasteiger partial charge on any atom is 0.138 e. The second kappa shape index (κ2) is 5.95. The first kappa shape index (κ1) is 13.6. The fraction of sp³-hybridized carbons (Fsp3) is 0.529. The van der Waals surface area contributed by atoms with E-state index in [0.29, 0.717) is 5.56 Å². The monoisotopic (exact) mass is 272 g/mol. The maximum atomic E-state index is 13.7. The summed E-state index contributed by atoms with van der Waals surface area (Å²) >= 11 is 0. The van der Waals surface area contributed by atoms with E-state index in [-0.39, 0.29) is 12.4 Å². The average Bonchev–Trinajstić information content (AvgIpc) is 3.30. The number of benzene rings is 1. The van der Waals surface area contributed by atoms with Crippen LogP contribution in [0.1, 0.15) is 36.8 Å². The largest absolute Gasteiger partial charge is 0.320 e. The second-order valence-electron chi connectivity index (χ2n) is 5.92. The van der Waals surface area contributed by atoms with Crippen LogP contribution in [0.15, 0.2) is 18.2 Å². The predicted molar refractivity (Wildman–Crippen MR) is 78.5 cm³/mol. The van der Waals surface area contributed by atoms with E-state index in [1.165, 1.54) is 38.3 Å². The molecule has 0 atom stereocenters. The molecule has 2 N–H and O–H groups in total. The van der Waals surface area contributed by atoms with Gasteiger partial charge in [0.1, 0.15) is 5.82 Å². The molecule has 2 aliphatic rings. The zero-order chi connectivity index (χ0) is 13.9. The minimum Gasteiger partial charge on any atom is -0.320 e. The Morgan fingerprint density at radius 2 is 2.05 bits per heavy atom. The van der Waals surface area contributed by atoms with Crippen molar-refractivity contribution in [2.75, 3.05) is 13.1 Å². The molecule has 106 valence electrons. The highest BCUT2D eigenvalue weighted by molar-refractivity contribution is 5.38. The summed E-state index contributed by atoms with van der Waals surface area (Å²) in [6.07, 6.45) is 5.38. The van der Waals surface area contributed by atoms with Crippen LogP contribution >= 0.6 is 0 Å². The van der Waals surface area contributed by atoms with Crippen LogP contribution in [-0.4, -0.2) is 24.0 Å². The van der Waals surface area contributed by atoms with Crippen LogP contribution < -0.4 is 5.73 Å². The van der Waals surface area contributed by atoms with Crippen molar-refractivity contribution < 1.29 is 4.39 Å². The minimum atomic E-state index is -0.255. The molecule has 2 aliphatic carbocycles. The van der Waals surface area contributed by atoms with E-state index in [1.54, 1.807) is 0 Å². The zero-order valence-electron chi connectivity index (χ0n) is 11.7. The summed E-state index contributed by atoms with van der Waals surface area (Å²) in [5, 5.41) is 0. The SMILES string of the molecule is NCC#Cc1cc(CN(CC2CC2)C2CC2)ccc1F. The van der Waals surface area contributed by atoms with Gasteiger partial charge in [-0.25, -0.2) is 4.39 Å². The Hall–Kier alpha value is -1.37. The van der Waals surface area contributed by atoms with Gasteiger partial charge in [0.2, 0.25) is 0 Å². The van der Waals surface area contributed by atoms with Crippen molar-refractivity contribution in [3.8, 4) is 11.8 Å². The first-order valence-corrected chi connectivity index (χ1v) is 7.47. The van der Waals surface area contributed by atoms with E-state index < -0.39 is 0 Å². The van der Waals surface area contributed by atoms with Gasteiger partial charge in [0.05, 0.1) is 12.1 Å². The molecule has 0 saturated heterocycles. The zero-order valence-corrected chi connectivity index (χ0v) is 11.7. The Morgan fingerprint density at radius 3 is 2.70 bits per heavy atom. The molecule has 2 saturated carbocycles. The highest BCUT2D eigenvalue weighted by Crippen LogP contribution is 2.35. The lowest BCUT2D eigenvalue weighted by atomic mass is 10.1. The van der Waals surface area contributed by atoms with E-state index in [1.807, 2.05) is 12.1 Å². The Labute approximate surface area is 120 Å². The van der Waals surface area contributed by atoms with Crippen molar-refractivity contribution in [2.24, 2.45) is 11.7 Å². The van der Waals surface area contributed by atoms with Crippen LogP contribution in [0.4, 0.5) is 4.39 Å². The lowest BCUT2D eigenvalue weighted by Crippen LogP contribution is -2.27. The van der Waals surface area contributed by atoms with E-state index in [2.05, 4.69) is 16.7 Å². The van der Waals surface area contributed by atoms with Gasteiger partial charge in [0.15, 0.2) is 0 Å². The van der Waals surface area contributed by atoms with E-state index in [9.17, 15) is 4.39 Å². The van der Waals surface area contributed by atoms with Crippen LogP contribution in [-0.2, 0) is 6.54 Å². The van der Waals surface area contributed by atoms with Crippen molar-refractivity contribution in [3.05, 3.63) is 35.1 Å². The summed E-state index contributed by atoms with van der Waals surface area (Å²) in [7, 11) is 0. The van der Waals surface area contributed by atoms with Crippen LogP contribution in [0.3, 0.4) is 0 Å². The molecule has 2 nitrogen and oxygen atoms in total. The molecule has 1 aromatic carbocycles. The fourth-order valence-corrected chi connectivity index (χ4v) is 2.56. The lowest BCUT2D eigenvalue weighted by molar-refractivity contribution is 0.244. The maximum absolute atomic E-state index is 13.7. The Bertz CT molecular complexity index is 536. The summed E-state index contributed by atoms with van der Waals surface area (Å²) in [5.74, 6) is 6.18. The van der Waals surface area contributed by atoms with Gasteiger partial charge in [-0.15, -0.1) is 0 Å². The standard InChI is InChI=1S/C17H21FN2/c18-17-8-5-14(10-15(17)2-1-9-19)12-20(16-6-7-16)11-13-3-4-13/h5,8,10,13,16H,3-4,6-7,9,11-12,19H2. The number of nitrogens with two attached hydrogens (primary N) is 1. The van der Waals surface area contributed by atoms with Gasteiger partial charge in [0, 0.05) is 19.1 Å². The Kier molecular flexibility index (Phi) is 4.05. The molecule has 0 aromatic heterocycles. The summed E-state index contributed by atoms with van der Waals surface area (Å²) in [4.78, 5) is 2.56. The molecule has 2 fully saturated rings. The fourth-order valence-electron chi connectivity index (χ4n) is 2.56. The van der Waals surface area contributed by atoms with Crippen LogP contribution in [0.25, 0.3) is 0 Å². The van der Waals surface area contributed by atoms with Crippen molar-refractivity contribution in [1.82, 2.24) is 4.90 Å². The molecule has 0 amide bonds. The van der Waals surface area contributed by atoms with E-state index in [0.717, 1.165) is 24.1 Å². The van der Waals surface area contributed by atoms with E-state index >= 15 is 0 Å².